The SMILES string of the molecule is CC1(C)OB(c2cc(C(F)(F)F)c3c(ccc4ccccc43)c2)OC1(C)C. The van der Waals surface area contributed by atoms with Crippen molar-refractivity contribution in [3.05, 3.63) is 54.1 Å². The molecular weight excluding hydrogens is 352 g/mol. The molecule has 0 atom stereocenters. The average Bonchev–Trinajstić information content (AvgIpc) is 2.80. The Morgan fingerprint density at radius 3 is 2.04 bits per heavy atom. The van der Waals surface area contributed by atoms with E-state index >= 15 is 0 Å². The van der Waals surface area contributed by atoms with Gasteiger partial charge in [-0.2, -0.15) is 13.2 Å². The van der Waals surface area contributed by atoms with Crippen LogP contribution in [0.5, 0.6) is 0 Å². The molecule has 1 aliphatic heterocycles. The zero-order valence-corrected chi connectivity index (χ0v) is 15.6. The van der Waals surface area contributed by atoms with Crippen molar-refractivity contribution in [2.24, 2.45) is 0 Å². The highest BCUT2D eigenvalue weighted by Crippen LogP contribution is 2.40. The minimum absolute atomic E-state index is 0.209. The van der Waals surface area contributed by atoms with Gasteiger partial charge in [0.1, 0.15) is 0 Å². The monoisotopic (exact) mass is 372 g/mol. The molecule has 4 rings (SSSR count). The lowest BCUT2D eigenvalue weighted by Crippen LogP contribution is -2.41. The predicted molar refractivity (Wildman–Crippen MR) is 102 cm³/mol. The second-order valence-electron chi connectivity index (χ2n) is 8.04. The fourth-order valence-corrected chi connectivity index (χ4v) is 3.51. The molecule has 0 aromatic heterocycles. The molecule has 6 heteroatoms. The van der Waals surface area contributed by atoms with Crippen molar-refractivity contribution in [2.75, 3.05) is 0 Å². The van der Waals surface area contributed by atoms with E-state index < -0.39 is 30.1 Å². The third-order valence-corrected chi connectivity index (χ3v) is 5.69. The summed E-state index contributed by atoms with van der Waals surface area (Å²) >= 11 is 0. The maximum atomic E-state index is 13.9. The van der Waals surface area contributed by atoms with E-state index in [0.717, 1.165) is 11.5 Å². The summed E-state index contributed by atoms with van der Waals surface area (Å²) in [5.41, 5.74) is -1.52. The first-order valence-corrected chi connectivity index (χ1v) is 8.88. The third kappa shape index (κ3) is 2.91. The van der Waals surface area contributed by atoms with Gasteiger partial charge in [-0.05, 0) is 55.4 Å². The van der Waals surface area contributed by atoms with Crippen LogP contribution < -0.4 is 5.46 Å². The third-order valence-electron chi connectivity index (χ3n) is 5.69. The van der Waals surface area contributed by atoms with E-state index in [2.05, 4.69) is 0 Å². The van der Waals surface area contributed by atoms with Crippen molar-refractivity contribution < 1.29 is 22.5 Å². The van der Waals surface area contributed by atoms with Gasteiger partial charge in [0.25, 0.3) is 0 Å². The Morgan fingerprint density at radius 1 is 0.815 bits per heavy atom. The van der Waals surface area contributed by atoms with Crippen molar-refractivity contribution in [1.82, 2.24) is 0 Å². The molecule has 140 valence electrons. The highest BCUT2D eigenvalue weighted by molar-refractivity contribution is 6.62. The van der Waals surface area contributed by atoms with Gasteiger partial charge in [-0.3, -0.25) is 0 Å². The molecule has 0 aliphatic carbocycles. The average molecular weight is 372 g/mol. The van der Waals surface area contributed by atoms with Crippen LogP contribution in [0.3, 0.4) is 0 Å². The molecule has 1 saturated heterocycles. The number of fused-ring (bicyclic) bond motifs is 3. The van der Waals surface area contributed by atoms with E-state index in [9.17, 15) is 13.2 Å². The molecule has 1 fully saturated rings. The number of benzene rings is 3. The van der Waals surface area contributed by atoms with Crippen molar-refractivity contribution in [3.8, 4) is 0 Å². The molecule has 0 unspecified atom stereocenters. The Morgan fingerprint density at radius 2 is 1.41 bits per heavy atom. The summed E-state index contributed by atoms with van der Waals surface area (Å²) in [6, 6.07) is 13.6. The van der Waals surface area contributed by atoms with E-state index in [0.29, 0.717) is 16.2 Å². The maximum Gasteiger partial charge on any atom is 0.494 e. The van der Waals surface area contributed by atoms with Crippen molar-refractivity contribution >= 4 is 34.1 Å². The fourth-order valence-electron chi connectivity index (χ4n) is 3.51. The molecule has 0 amide bonds. The molecule has 1 aliphatic rings. The number of hydrogen-bond acceptors (Lipinski definition) is 2. The van der Waals surface area contributed by atoms with E-state index in [4.69, 9.17) is 9.31 Å². The smallest absolute Gasteiger partial charge is 0.399 e. The first-order chi connectivity index (χ1) is 12.5. The largest absolute Gasteiger partial charge is 0.494 e. The van der Waals surface area contributed by atoms with Gasteiger partial charge in [0, 0.05) is 5.39 Å². The molecular formula is C21H20BF3O2. The number of rotatable bonds is 1. The molecule has 2 nitrogen and oxygen atoms in total. The van der Waals surface area contributed by atoms with Gasteiger partial charge in [0.15, 0.2) is 0 Å². The molecule has 0 N–H and O–H groups in total. The number of alkyl halides is 3. The van der Waals surface area contributed by atoms with Crippen LogP contribution in [-0.4, -0.2) is 18.3 Å². The quantitative estimate of drug-likeness (QED) is 0.426. The topological polar surface area (TPSA) is 18.5 Å². The molecule has 0 bridgehead atoms. The van der Waals surface area contributed by atoms with E-state index in [1.54, 1.807) is 24.3 Å². The standard InChI is InChI=1S/C21H20BF3O2/c1-19(2)20(3,4)27-22(26-19)15-11-14-10-9-13-7-5-6-8-16(13)18(14)17(12-15)21(23,24)25/h5-12H,1-4H3. The lowest BCUT2D eigenvalue weighted by molar-refractivity contribution is -0.136. The van der Waals surface area contributed by atoms with E-state index in [-0.39, 0.29) is 5.39 Å². The highest BCUT2D eigenvalue weighted by Gasteiger charge is 2.52. The van der Waals surface area contributed by atoms with Crippen LogP contribution in [-0.2, 0) is 15.5 Å². The zero-order chi connectivity index (χ0) is 19.6. The number of hydrogen-bond donors (Lipinski definition) is 0. The van der Waals surface area contributed by atoms with Crippen molar-refractivity contribution in [2.45, 2.75) is 45.1 Å². The number of halogens is 3. The Kier molecular flexibility index (Phi) is 3.89. The zero-order valence-electron chi connectivity index (χ0n) is 15.6. The van der Waals surface area contributed by atoms with Gasteiger partial charge in [0.2, 0.25) is 0 Å². The Labute approximate surface area is 156 Å². The first kappa shape index (κ1) is 18.3. The normalized spacial score (nSPS) is 19.1. The second kappa shape index (κ2) is 5.73. The predicted octanol–water partition coefficient (Wildman–Crippen LogP) is 5.31. The summed E-state index contributed by atoms with van der Waals surface area (Å²) < 4.78 is 53.7. The molecule has 27 heavy (non-hydrogen) atoms. The van der Waals surface area contributed by atoms with Gasteiger partial charge in [-0.1, -0.05) is 42.5 Å². The fraction of sp³-hybridized carbons (Fsp3) is 0.333. The second-order valence-corrected chi connectivity index (χ2v) is 8.04. The molecule has 3 aromatic carbocycles. The Hall–Kier alpha value is -2.05. The summed E-state index contributed by atoms with van der Waals surface area (Å²) in [4.78, 5) is 0. The lowest BCUT2D eigenvalue weighted by Gasteiger charge is -2.32. The van der Waals surface area contributed by atoms with Gasteiger partial charge in [-0.15, -0.1) is 0 Å². The molecule has 0 radical (unpaired) electrons. The maximum absolute atomic E-state index is 13.9. The minimum Gasteiger partial charge on any atom is -0.399 e. The summed E-state index contributed by atoms with van der Waals surface area (Å²) in [5, 5.41) is 2.09. The summed E-state index contributed by atoms with van der Waals surface area (Å²) in [6.45, 7) is 7.52. The van der Waals surface area contributed by atoms with Gasteiger partial charge in [-0.25, -0.2) is 0 Å². The van der Waals surface area contributed by atoms with Crippen molar-refractivity contribution in [3.63, 3.8) is 0 Å². The van der Waals surface area contributed by atoms with Crippen LogP contribution in [0.1, 0.15) is 33.3 Å². The van der Waals surface area contributed by atoms with Crippen LogP contribution in [0.15, 0.2) is 48.5 Å². The Bertz CT molecular complexity index is 1020. The first-order valence-electron chi connectivity index (χ1n) is 8.88. The van der Waals surface area contributed by atoms with Crippen LogP contribution in [0.4, 0.5) is 13.2 Å². The van der Waals surface area contributed by atoms with E-state index in [1.807, 2.05) is 45.9 Å². The van der Waals surface area contributed by atoms with E-state index in [1.165, 1.54) is 0 Å². The lowest BCUT2D eigenvalue weighted by atomic mass is 9.76. The van der Waals surface area contributed by atoms with Crippen LogP contribution in [0.25, 0.3) is 21.5 Å². The van der Waals surface area contributed by atoms with Gasteiger partial charge < -0.3 is 9.31 Å². The van der Waals surface area contributed by atoms with Crippen LogP contribution >= 0.6 is 0 Å². The summed E-state index contributed by atoms with van der Waals surface area (Å²) in [7, 11) is -0.841. The van der Waals surface area contributed by atoms with Crippen LogP contribution in [0, 0.1) is 0 Å². The molecule has 0 saturated carbocycles. The minimum atomic E-state index is -4.48. The van der Waals surface area contributed by atoms with Crippen molar-refractivity contribution in [1.29, 1.82) is 0 Å². The summed E-state index contributed by atoms with van der Waals surface area (Å²) in [5.74, 6) is 0. The molecule has 0 spiro atoms. The van der Waals surface area contributed by atoms with Gasteiger partial charge in [0.05, 0.1) is 16.8 Å². The molecule has 3 aromatic rings. The molecule has 1 heterocycles. The van der Waals surface area contributed by atoms with Gasteiger partial charge >= 0.3 is 13.3 Å². The Balaban J connectivity index is 1.97. The van der Waals surface area contributed by atoms with Crippen LogP contribution in [0.2, 0.25) is 0 Å². The highest BCUT2D eigenvalue weighted by atomic mass is 19.4. The summed E-state index contributed by atoms with van der Waals surface area (Å²) in [6.07, 6.45) is -4.48.